The molecule has 0 spiro atoms. The topological polar surface area (TPSA) is 86.8 Å². The predicted molar refractivity (Wildman–Crippen MR) is 154 cm³/mol. The molecule has 0 radical (unpaired) electrons. The van der Waals surface area contributed by atoms with Crippen molar-refractivity contribution in [2.75, 3.05) is 23.7 Å². The molecule has 1 aliphatic rings. The van der Waals surface area contributed by atoms with Crippen LogP contribution in [0.15, 0.2) is 48.5 Å². The van der Waals surface area contributed by atoms with Crippen molar-refractivity contribution in [3.05, 3.63) is 65.2 Å². The summed E-state index contributed by atoms with van der Waals surface area (Å²) < 4.78 is 26.6. The Bertz CT molecular complexity index is 1160. The first-order chi connectivity index (χ1) is 18.1. The fourth-order valence-electron chi connectivity index (χ4n) is 5.36. The summed E-state index contributed by atoms with van der Waals surface area (Å²) in [7, 11) is -3.52. The molecular formula is C30H43N3O4S. The number of hydrogen-bond donors (Lipinski definition) is 1. The van der Waals surface area contributed by atoms with E-state index in [1.807, 2.05) is 69.3 Å². The Labute approximate surface area is 228 Å². The Kier molecular flexibility index (Phi) is 10.8. The highest BCUT2D eigenvalue weighted by Crippen LogP contribution is 2.23. The van der Waals surface area contributed by atoms with Gasteiger partial charge in [0.1, 0.15) is 6.04 Å². The van der Waals surface area contributed by atoms with Gasteiger partial charge >= 0.3 is 0 Å². The van der Waals surface area contributed by atoms with Gasteiger partial charge in [-0.3, -0.25) is 13.9 Å². The van der Waals surface area contributed by atoms with Gasteiger partial charge in [-0.05, 0) is 74.8 Å². The van der Waals surface area contributed by atoms with Gasteiger partial charge < -0.3 is 10.2 Å². The Morgan fingerprint density at radius 3 is 2.21 bits per heavy atom. The summed E-state index contributed by atoms with van der Waals surface area (Å²) in [5, 5.41) is 3.17. The molecule has 0 unspecified atom stereocenters. The number of aryl methyl sites for hydroxylation is 2. The Morgan fingerprint density at radius 1 is 1.00 bits per heavy atom. The Balaban J connectivity index is 1.72. The van der Waals surface area contributed by atoms with Crippen molar-refractivity contribution >= 4 is 27.5 Å². The standard InChI is InChI=1S/C30H43N3O4S/c1-5-28(30(35)31-26-14-9-10-15-26)32(19-17-25-12-7-6-8-13-25)29(34)16-11-18-33(38(4,36)37)27-21-23(2)20-24(3)22-27/h6-8,12-13,20-22,26,28H,5,9-11,14-19H2,1-4H3,(H,31,35)/t28-/m0/s1. The van der Waals surface area contributed by atoms with E-state index in [0.29, 0.717) is 31.5 Å². The van der Waals surface area contributed by atoms with E-state index in [9.17, 15) is 18.0 Å². The smallest absolute Gasteiger partial charge is 0.243 e. The van der Waals surface area contributed by atoms with Gasteiger partial charge in [-0.15, -0.1) is 0 Å². The molecule has 0 aliphatic heterocycles. The lowest BCUT2D eigenvalue weighted by Crippen LogP contribution is -2.52. The highest BCUT2D eigenvalue weighted by Gasteiger charge is 2.30. The third kappa shape index (κ3) is 8.58. The van der Waals surface area contributed by atoms with Crippen molar-refractivity contribution in [1.29, 1.82) is 0 Å². The normalized spacial score (nSPS) is 14.7. The van der Waals surface area contributed by atoms with Crippen LogP contribution in [0, 0.1) is 13.8 Å². The van der Waals surface area contributed by atoms with Crippen LogP contribution in [0.25, 0.3) is 0 Å². The number of rotatable bonds is 13. The zero-order valence-electron chi connectivity index (χ0n) is 23.3. The summed E-state index contributed by atoms with van der Waals surface area (Å²) in [4.78, 5) is 28.5. The maximum Gasteiger partial charge on any atom is 0.243 e. The molecule has 1 fully saturated rings. The molecule has 0 bridgehead atoms. The molecule has 38 heavy (non-hydrogen) atoms. The molecule has 2 amide bonds. The van der Waals surface area contributed by atoms with Crippen LogP contribution in [0.4, 0.5) is 5.69 Å². The first kappa shape index (κ1) is 29.7. The fourth-order valence-corrected chi connectivity index (χ4v) is 6.31. The van der Waals surface area contributed by atoms with E-state index in [1.54, 1.807) is 4.90 Å². The van der Waals surface area contributed by atoms with Crippen LogP contribution in [0.5, 0.6) is 0 Å². The van der Waals surface area contributed by atoms with Gasteiger partial charge in [0.2, 0.25) is 21.8 Å². The lowest BCUT2D eigenvalue weighted by Gasteiger charge is -2.32. The van der Waals surface area contributed by atoms with E-state index in [1.165, 1.54) is 10.6 Å². The van der Waals surface area contributed by atoms with Crippen LogP contribution >= 0.6 is 0 Å². The van der Waals surface area contributed by atoms with E-state index >= 15 is 0 Å². The van der Waals surface area contributed by atoms with E-state index < -0.39 is 16.1 Å². The van der Waals surface area contributed by atoms with Gasteiger partial charge in [-0.2, -0.15) is 0 Å². The van der Waals surface area contributed by atoms with E-state index in [4.69, 9.17) is 0 Å². The minimum absolute atomic E-state index is 0.0891. The van der Waals surface area contributed by atoms with Gasteiger partial charge in [-0.25, -0.2) is 8.42 Å². The molecule has 2 aromatic carbocycles. The Hall–Kier alpha value is -2.87. The van der Waals surface area contributed by atoms with Crippen LogP contribution < -0.4 is 9.62 Å². The molecule has 3 rings (SSSR count). The zero-order chi connectivity index (χ0) is 27.7. The monoisotopic (exact) mass is 541 g/mol. The summed E-state index contributed by atoms with van der Waals surface area (Å²) in [5.41, 5.74) is 3.68. The molecule has 2 aromatic rings. The van der Waals surface area contributed by atoms with Crippen molar-refractivity contribution in [2.24, 2.45) is 0 Å². The van der Waals surface area contributed by atoms with Gasteiger partial charge in [0.15, 0.2) is 0 Å². The van der Waals surface area contributed by atoms with Gasteiger partial charge in [0, 0.05) is 25.6 Å². The molecular weight excluding hydrogens is 498 g/mol. The first-order valence-corrected chi connectivity index (χ1v) is 15.6. The van der Waals surface area contributed by atoms with Gasteiger partial charge in [0.05, 0.1) is 11.9 Å². The molecule has 1 atom stereocenters. The number of benzene rings is 2. The Morgan fingerprint density at radius 2 is 1.63 bits per heavy atom. The summed E-state index contributed by atoms with van der Waals surface area (Å²) in [5.74, 6) is -0.211. The largest absolute Gasteiger partial charge is 0.352 e. The predicted octanol–water partition coefficient (Wildman–Crippen LogP) is 4.76. The van der Waals surface area contributed by atoms with Crippen LogP contribution in [0.2, 0.25) is 0 Å². The molecule has 0 saturated heterocycles. The van der Waals surface area contributed by atoms with Crippen molar-refractivity contribution in [3.63, 3.8) is 0 Å². The van der Waals surface area contributed by atoms with E-state index in [-0.39, 0.29) is 30.8 Å². The summed E-state index contributed by atoms with van der Waals surface area (Å²) in [6, 6.07) is 15.3. The van der Waals surface area contributed by atoms with Crippen molar-refractivity contribution in [2.45, 2.75) is 84.2 Å². The molecule has 7 nitrogen and oxygen atoms in total. The molecule has 1 aliphatic carbocycles. The average molecular weight is 542 g/mol. The highest BCUT2D eigenvalue weighted by atomic mass is 32.2. The van der Waals surface area contributed by atoms with Crippen molar-refractivity contribution in [1.82, 2.24) is 10.2 Å². The maximum absolute atomic E-state index is 13.6. The lowest BCUT2D eigenvalue weighted by atomic mass is 10.1. The second kappa shape index (κ2) is 13.8. The number of carbonyl (C=O) groups excluding carboxylic acids is 2. The summed E-state index contributed by atoms with van der Waals surface area (Å²) in [6.45, 7) is 6.45. The second-order valence-corrected chi connectivity index (χ2v) is 12.4. The van der Waals surface area contributed by atoms with Crippen molar-refractivity contribution < 1.29 is 18.0 Å². The number of nitrogens with one attached hydrogen (secondary N) is 1. The SMILES string of the molecule is CC[C@@H](C(=O)NC1CCCC1)N(CCc1ccccc1)C(=O)CCCN(c1cc(C)cc(C)c1)S(C)(=O)=O. The number of hydrogen-bond acceptors (Lipinski definition) is 4. The van der Waals surface area contributed by atoms with E-state index in [2.05, 4.69) is 5.32 Å². The molecule has 1 saturated carbocycles. The zero-order valence-corrected chi connectivity index (χ0v) is 24.1. The minimum atomic E-state index is -3.52. The third-order valence-corrected chi connectivity index (χ3v) is 8.41. The van der Waals surface area contributed by atoms with Gasteiger partial charge in [0.25, 0.3) is 0 Å². The molecule has 1 N–H and O–H groups in total. The summed E-state index contributed by atoms with van der Waals surface area (Å²) >= 11 is 0. The number of carbonyl (C=O) groups is 2. The van der Waals surface area contributed by atoms with Crippen LogP contribution in [-0.4, -0.2) is 56.6 Å². The molecule has 208 valence electrons. The maximum atomic E-state index is 13.6. The first-order valence-electron chi connectivity index (χ1n) is 13.8. The van der Waals surface area contributed by atoms with Gasteiger partial charge in [-0.1, -0.05) is 56.2 Å². The fraction of sp³-hybridized carbons (Fsp3) is 0.533. The number of sulfonamides is 1. The third-order valence-electron chi connectivity index (χ3n) is 7.22. The van der Waals surface area contributed by atoms with E-state index in [0.717, 1.165) is 42.4 Å². The number of amides is 2. The van der Waals surface area contributed by atoms with Crippen LogP contribution in [0.1, 0.15) is 68.6 Å². The molecule has 8 heteroatoms. The average Bonchev–Trinajstić information content (AvgIpc) is 3.36. The minimum Gasteiger partial charge on any atom is -0.352 e. The number of nitrogens with zero attached hydrogens (tertiary/aromatic N) is 2. The quantitative estimate of drug-likeness (QED) is 0.396. The van der Waals surface area contributed by atoms with Crippen molar-refractivity contribution in [3.8, 4) is 0 Å². The van der Waals surface area contributed by atoms with Crippen LogP contribution in [-0.2, 0) is 26.0 Å². The summed E-state index contributed by atoms with van der Waals surface area (Å²) in [6.07, 6.45) is 7.11. The highest BCUT2D eigenvalue weighted by molar-refractivity contribution is 7.92. The lowest BCUT2D eigenvalue weighted by molar-refractivity contribution is -0.141. The molecule has 0 aromatic heterocycles. The van der Waals surface area contributed by atoms with Crippen LogP contribution in [0.3, 0.4) is 0 Å². The number of anilines is 1. The molecule has 0 heterocycles. The second-order valence-electron chi connectivity index (χ2n) is 10.5.